The molecule has 0 aliphatic carbocycles. The Morgan fingerprint density at radius 1 is 1.00 bits per heavy atom. The van der Waals surface area contributed by atoms with E-state index in [0.29, 0.717) is 0 Å². The summed E-state index contributed by atoms with van der Waals surface area (Å²) in [6.45, 7) is 14.5. The first kappa shape index (κ1) is 14.5. The van der Waals surface area contributed by atoms with Crippen molar-refractivity contribution in [1.82, 2.24) is 8.67 Å². The van der Waals surface area contributed by atoms with E-state index in [1.165, 1.54) is 38.8 Å². The molecular weight excluding hydrogens is 231 g/mol. The largest absolute Gasteiger partial charge is 0.280 e. The maximum atomic E-state index is 4.54. The summed E-state index contributed by atoms with van der Waals surface area (Å²) in [7, 11) is -2.40. The molecule has 0 amide bonds. The van der Waals surface area contributed by atoms with Crippen molar-refractivity contribution < 1.29 is 0 Å². The Balaban J connectivity index is 2.66. The van der Waals surface area contributed by atoms with Crippen LogP contribution in [-0.2, 0) is 0 Å². The van der Waals surface area contributed by atoms with Gasteiger partial charge in [-0.1, -0.05) is 33.0 Å². The van der Waals surface area contributed by atoms with E-state index in [4.69, 9.17) is 0 Å². The second kappa shape index (κ2) is 5.39. The molecule has 0 radical (unpaired) electrons. The molecule has 0 aromatic rings. The minimum Gasteiger partial charge on any atom is -0.280 e. The SMILES string of the molecule is C=P1(C)N(CCCC)[Si](C)(C)N1CCCC. The van der Waals surface area contributed by atoms with Gasteiger partial charge < -0.3 is 0 Å². The molecule has 0 N–H and O–H groups in total. The third-order valence-electron chi connectivity index (χ3n) is 3.75. The van der Waals surface area contributed by atoms with Gasteiger partial charge >= 0.3 is 0 Å². The van der Waals surface area contributed by atoms with E-state index < -0.39 is 15.6 Å². The standard InChI is InChI=1S/C12H29N2PSi/c1-7-9-11-13-15(3,4)14(12-10-8-2)16(13,5)6/h3,7-12H2,1-2,4-6H3. The van der Waals surface area contributed by atoms with Gasteiger partial charge in [-0.25, -0.2) is 0 Å². The highest BCUT2D eigenvalue weighted by Crippen LogP contribution is 2.64. The minimum absolute atomic E-state index is 1.14. The molecule has 2 nitrogen and oxygen atoms in total. The molecule has 0 spiro atoms. The first-order valence-electron chi connectivity index (χ1n) is 6.66. The molecular formula is C12H29N2PSi. The van der Waals surface area contributed by atoms with Crippen LogP contribution in [-0.4, -0.2) is 43.1 Å². The van der Waals surface area contributed by atoms with Gasteiger partial charge in [0.1, 0.15) is 0 Å². The van der Waals surface area contributed by atoms with Crippen LogP contribution in [0.15, 0.2) is 0 Å². The number of unbranched alkanes of at least 4 members (excludes halogenated alkanes) is 2. The minimum atomic E-state index is -1.27. The Labute approximate surface area is 103 Å². The summed E-state index contributed by atoms with van der Waals surface area (Å²) in [6.07, 6.45) is 9.81. The lowest BCUT2D eigenvalue weighted by Crippen LogP contribution is -2.70. The maximum absolute atomic E-state index is 4.54. The van der Waals surface area contributed by atoms with E-state index in [0.717, 1.165) is 0 Å². The van der Waals surface area contributed by atoms with Gasteiger partial charge in [0.05, 0.1) is 0 Å². The molecule has 1 saturated heterocycles. The third kappa shape index (κ3) is 2.48. The van der Waals surface area contributed by atoms with Crippen molar-refractivity contribution in [3.05, 3.63) is 0 Å². The van der Waals surface area contributed by atoms with E-state index in [1.54, 1.807) is 0 Å². The molecule has 96 valence electrons. The van der Waals surface area contributed by atoms with Crippen molar-refractivity contribution in [2.75, 3.05) is 19.8 Å². The zero-order chi connectivity index (χ0) is 12.4. The Morgan fingerprint density at radius 2 is 1.38 bits per heavy atom. The van der Waals surface area contributed by atoms with Gasteiger partial charge in [-0.2, -0.15) is 0 Å². The van der Waals surface area contributed by atoms with Crippen molar-refractivity contribution in [3.63, 3.8) is 0 Å². The lowest BCUT2D eigenvalue weighted by molar-refractivity contribution is 0.436. The van der Waals surface area contributed by atoms with Gasteiger partial charge in [-0.3, -0.25) is 8.67 Å². The first-order valence-corrected chi connectivity index (χ1v) is 11.9. The van der Waals surface area contributed by atoms with Gasteiger partial charge in [0, 0.05) is 0 Å². The molecule has 1 aliphatic rings. The van der Waals surface area contributed by atoms with Crippen LogP contribution in [0.25, 0.3) is 0 Å². The molecule has 16 heavy (non-hydrogen) atoms. The number of nitrogens with zero attached hydrogens (tertiary/aromatic N) is 2. The van der Waals surface area contributed by atoms with Crippen LogP contribution in [0.1, 0.15) is 39.5 Å². The van der Waals surface area contributed by atoms with Crippen molar-refractivity contribution in [2.45, 2.75) is 52.6 Å². The van der Waals surface area contributed by atoms with E-state index in [-0.39, 0.29) is 0 Å². The van der Waals surface area contributed by atoms with Crippen molar-refractivity contribution in [2.24, 2.45) is 0 Å². The highest BCUT2D eigenvalue weighted by molar-refractivity contribution is 7.75. The monoisotopic (exact) mass is 260 g/mol. The average Bonchev–Trinajstić information content (AvgIpc) is 2.17. The summed E-state index contributed by atoms with van der Waals surface area (Å²) in [5.41, 5.74) is 0. The Morgan fingerprint density at radius 3 is 1.62 bits per heavy atom. The molecule has 0 saturated carbocycles. The van der Waals surface area contributed by atoms with E-state index in [9.17, 15) is 0 Å². The number of rotatable bonds is 6. The van der Waals surface area contributed by atoms with Gasteiger partial charge in [0.2, 0.25) is 8.40 Å². The molecule has 0 bridgehead atoms. The van der Waals surface area contributed by atoms with Crippen LogP contribution >= 0.6 is 7.19 Å². The van der Waals surface area contributed by atoms with Crippen molar-refractivity contribution >= 4 is 21.9 Å². The smallest absolute Gasteiger partial charge is 0.209 e. The lowest BCUT2D eigenvalue weighted by Gasteiger charge is -2.65. The van der Waals surface area contributed by atoms with Gasteiger partial charge in [-0.15, -0.1) is 0 Å². The second-order valence-electron chi connectivity index (χ2n) is 5.54. The quantitative estimate of drug-likeness (QED) is 0.529. The molecule has 1 aliphatic heterocycles. The summed E-state index contributed by atoms with van der Waals surface area (Å²) in [5.74, 6) is 0. The molecule has 0 unspecified atom stereocenters. The zero-order valence-corrected chi connectivity index (χ0v) is 13.7. The topological polar surface area (TPSA) is 6.48 Å². The van der Waals surface area contributed by atoms with E-state index >= 15 is 0 Å². The second-order valence-corrected chi connectivity index (χ2v) is 13.5. The van der Waals surface area contributed by atoms with E-state index in [1.807, 2.05) is 0 Å². The van der Waals surface area contributed by atoms with E-state index in [2.05, 4.69) is 48.6 Å². The summed E-state index contributed by atoms with van der Waals surface area (Å²) < 4.78 is 5.58. The molecule has 4 heteroatoms. The zero-order valence-electron chi connectivity index (χ0n) is 11.8. The van der Waals surface area contributed by atoms with Gasteiger partial charge in [0.25, 0.3) is 0 Å². The Hall–Kier alpha value is 0.437. The maximum Gasteiger partial charge on any atom is 0.209 e. The fourth-order valence-electron chi connectivity index (χ4n) is 2.87. The fourth-order valence-corrected chi connectivity index (χ4v) is 15.1. The van der Waals surface area contributed by atoms with Crippen molar-refractivity contribution in [1.29, 1.82) is 0 Å². The number of hydrogen-bond donors (Lipinski definition) is 0. The Kier molecular flexibility index (Phi) is 4.88. The molecule has 1 fully saturated rings. The highest BCUT2D eigenvalue weighted by atomic mass is 31.2. The van der Waals surface area contributed by atoms with Crippen LogP contribution in [0.2, 0.25) is 13.1 Å². The lowest BCUT2D eigenvalue weighted by atomic mass is 10.3. The van der Waals surface area contributed by atoms with Crippen LogP contribution in [0, 0.1) is 0 Å². The third-order valence-corrected chi connectivity index (χ3v) is 14.7. The average molecular weight is 260 g/mol. The highest BCUT2D eigenvalue weighted by Gasteiger charge is 2.53. The molecule has 1 heterocycles. The van der Waals surface area contributed by atoms with Crippen LogP contribution in [0.3, 0.4) is 0 Å². The van der Waals surface area contributed by atoms with Crippen molar-refractivity contribution in [3.8, 4) is 0 Å². The van der Waals surface area contributed by atoms with Gasteiger partial charge in [-0.05, 0) is 52.9 Å². The van der Waals surface area contributed by atoms with Crippen LogP contribution in [0.4, 0.5) is 0 Å². The predicted molar refractivity (Wildman–Crippen MR) is 80.7 cm³/mol. The predicted octanol–water partition coefficient (Wildman–Crippen LogP) is 3.82. The number of hydrogen-bond acceptors (Lipinski definition) is 2. The fraction of sp³-hybridized carbons (Fsp3) is 0.917. The molecule has 1 rings (SSSR count). The molecule has 0 atom stereocenters. The summed E-state index contributed by atoms with van der Waals surface area (Å²) in [4.78, 5) is 0. The van der Waals surface area contributed by atoms with Crippen LogP contribution < -0.4 is 0 Å². The normalized spacial score (nSPS) is 24.3. The molecule has 0 aromatic carbocycles. The summed E-state index contributed by atoms with van der Waals surface area (Å²) in [5, 5.41) is 0. The Bertz CT molecular complexity index is 256. The molecule has 0 aromatic heterocycles. The summed E-state index contributed by atoms with van der Waals surface area (Å²) >= 11 is 0. The van der Waals surface area contributed by atoms with Crippen LogP contribution in [0.5, 0.6) is 0 Å². The summed E-state index contributed by atoms with van der Waals surface area (Å²) in [6, 6.07) is 0. The first-order chi connectivity index (χ1) is 7.39. The van der Waals surface area contributed by atoms with Gasteiger partial charge in [0.15, 0.2) is 0 Å².